The summed E-state index contributed by atoms with van der Waals surface area (Å²) in [5.74, 6) is -0.121. The number of nitrogens with one attached hydrogen (secondary N) is 1. The number of anilines is 1. The summed E-state index contributed by atoms with van der Waals surface area (Å²) in [5, 5.41) is 3.45. The van der Waals surface area contributed by atoms with E-state index in [0.717, 1.165) is 25.3 Å². The lowest BCUT2D eigenvalue weighted by Crippen LogP contribution is -2.23. The zero-order valence-corrected chi connectivity index (χ0v) is 10.7. The lowest BCUT2D eigenvalue weighted by atomic mass is 10.1. The summed E-state index contributed by atoms with van der Waals surface area (Å²) < 4.78 is 13.7. The Kier molecular flexibility index (Phi) is 4.00. The van der Waals surface area contributed by atoms with Crippen molar-refractivity contribution >= 4 is 5.69 Å². The van der Waals surface area contributed by atoms with Crippen LogP contribution in [0.5, 0.6) is 0 Å². The third-order valence-corrected chi connectivity index (χ3v) is 3.29. The number of hydrogen-bond acceptors (Lipinski definition) is 2. The third kappa shape index (κ3) is 3.19. The lowest BCUT2D eigenvalue weighted by molar-refractivity contribution is 0.617. The molecule has 1 aromatic carbocycles. The monoisotopic (exact) mass is 236 g/mol. The summed E-state index contributed by atoms with van der Waals surface area (Å²) in [6.45, 7) is 6.63. The normalized spacial score (nSPS) is 15.0. The number of nitrogens with zero attached hydrogens (tertiary/aromatic N) is 1. The van der Waals surface area contributed by atoms with Gasteiger partial charge in [-0.2, -0.15) is 0 Å². The van der Waals surface area contributed by atoms with Crippen LogP contribution in [-0.2, 0) is 6.54 Å². The summed E-state index contributed by atoms with van der Waals surface area (Å²) in [6.07, 6.45) is 2.56. The Morgan fingerprint density at radius 1 is 1.29 bits per heavy atom. The van der Waals surface area contributed by atoms with Crippen LogP contribution in [0.3, 0.4) is 0 Å². The van der Waals surface area contributed by atoms with E-state index in [0.29, 0.717) is 6.04 Å². The molecule has 17 heavy (non-hydrogen) atoms. The molecule has 0 saturated heterocycles. The van der Waals surface area contributed by atoms with Gasteiger partial charge in [0.1, 0.15) is 5.82 Å². The van der Waals surface area contributed by atoms with Crippen molar-refractivity contribution in [2.45, 2.75) is 39.3 Å². The Balaban J connectivity index is 2.09. The molecule has 0 spiro atoms. The van der Waals surface area contributed by atoms with Gasteiger partial charge in [-0.05, 0) is 44.4 Å². The number of halogens is 1. The van der Waals surface area contributed by atoms with E-state index in [1.54, 1.807) is 6.07 Å². The second kappa shape index (κ2) is 5.50. The summed E-state index contributed by atoms with van der Waals surface area (Å²) in [4.78, 5) is 2.05. The molecule has 1 aliphatic carbocycles. The van der Waals surface area contributed by atoms with Crippen LogP contribution in [0, 0.1) is 5.82 Å². The summed E-state index contributed by atoms with van der Waals surface area (Å²) in [7, 11) is 0. The smallest absolute Gasteiger partial charge is 0.146 e. The lowest BCUT2D eigenvalue weighted by Gasteiger charge is -2.22. The van der Waals surface area contributed by atoms with Crippen molar-refractivity contribution in [2.24, 2.45) is 0 Å². The molecule has 94 valence electrons. The predicted molar refractivity (Wildman–Crippen MR) is 69.8 cm³/mol. The molecule has 0 bridgehead atoms. The van der Waals surface area contributed by atoms with Crippen LogP contribution in [0.15, 0.2) is 18.2 Å². The van der Waals surface area contributed by atoms with Gasteiger partial charge in [-0.1, -0.05) is 6.07 Å². The highest BCUT2D eigenvalue weighted by atomic mass is 19.1. The SMILES string of the molecule is CCN(CC)c1cc(CNC2CC2)ccc1F. The van der Waals surface area contributed by atoms with Crippen molar-refractivity contribution in [1.29, 1.82) is 0 Å². The first-order chi connectivity index (χ1) is 8.24. The molecule has 3 heteroatoms. The van der Waals surface area contributed by atoms with Gasteiger partial charge in [0.15, 0.2) is 0 Å². The number of benzene rings is 1. The fourth-order valence-electron chi connectivity index (χ4n) is 2.02. The Morgan fingerprint density at radius 2 is 2.00 bits per heavy atom. The molecule has 0 unspecified atom stereocenters. The van der Waals surface area contributed by atoms with E-state index in [1.165, 1.54) is 18.4 Å². The first kappa shape index (κ1) is 12.4. The molecule has 1 aliphatic rings. The van der Waals surface area contributed by atoms with Crippen molar-refractivity contribution in [3.63, 3.8) is 0 Å². The minimum absolute atomic E-state index is 0.121. The molecular formula is C14H21FN2. The van der Waals surface area contributed by atoms with Gasteiger partial charge in [0.25, 0.3) is 0 Å². The van der Waals surface area contributed by atoms with Crippen molar-refractivity contribution in [2.75, 3.05) is 18.0 Å². The maximum atomic E-state index is 13.7. The van der Waals surface area contributed by atoms with Crippen molar-refractivity contribution < 1.29 is 4.39 Å². The van der Waals surface area contributed by atoms with Gasteiger partial charge in [0, 0.05) is 25.7 Å². The van der Waals surface area contributed by atoms with Gasteiger partial charge in [-0.3, -0.25) is 0 Å². The molecule has 0 amide bonds. The third-order valence-electron chi connectivity index (χ3n) is 3.29. The molecule has 0 aromatic heterocycles. The van der Waals surface area contributed by atoms with E-state index >= 15 is 0 Å². The van der Waals surface area contributed by atoms with E-state index in [2.05, 4.69) is 24.1 Å². The van der Waals surface area contributed by atoms with Gasteiger partial charge >= 0.3 is 0 Å². The summed E-state index contributed by atoms with van der Waals surface area (Å²) in [6, 6.07) is 6.12. The van der Waals surface area contributed by atoms with Crippen LogP contribution >= 0.6 is 0 Å². The van der Waals surface area contributed by atoms with Gasteiger partial charge in [0.05, 0.1) is 5.69 Å². The molecule has 2 rings (SSSR count). The largest absolute Gasteiger partial charge is 0.370 e. The van der Waals surface area contributed by atoms with Crippen molar-refractivity contribution in [3.05, 3.63) is 29.6 Å². The second-order valence-electron chi connectivity index (χ2n) is 4.61. The Bertz CT molecular complexity index is 370. The molecule has 1 aromatic rings. The van der Waals surface area contributed by atoms with E-state index in [1.807, 2.05) is 12.1 Å². The molecule has 0 atom stereocenters. The molecular weight excluding hydrogens is 215 g/mol. The Labute approximate surface area is 103 Å². The fraction of sp³-hybridized carbons (Fsp3) is 0.571. The number of hydrogen-bond donors (Lipinski definition) is 1. The molecule has 2 nitrogen and oxygen atoms in total. The van der Waals surface area contributed by atoms with E-state index < -0.39 is 0 Å². The molecule has 0 aliphatic heterocycles. The molecule has 1 saturated carbocycles. The fourth-order valence-corrected chi connectivity index (χ4v) is 2.02. The van der Waals surface area contributed by atoms with Crippen LogP contribution in [0.25, 0.3) is 0 Å². The first-order valence-corrected chi connectivity index (χ1v) is 6.51. The van der Waals surface area contributed by atoms with Crippen molar-refractivity contribution in [1.82, 2.24) is 5.32 Å². The predicted octanol–water partition coefficient (Wildman–Crippen LogP) is 2.92. The van der Waals surface area contributed by atoms with Gasteiger partial charge in [0.2, 0.25) is 0 Å². The molecule has 1 fully saturated rings. The van der Waals surface area contributed by atoms with Gasteiger partial charge < -0.3 is 10.2 Å². The van der Waals surface area contributed by atoms with Crippen molar-refractivity contribution in [3.8, 4) is 0 Å². The van der Waals surface area contributed by atoms with E-state index in [9.17, 15) is 4.39 Å². The average molecular weight is 236 g/mol. The van der Waals surface area contributed by atoms with Crippen LogP contribution in [0.2, 0.25) is 0 Å². The second-order valence-corrected chi connectivity index (χ2v) is 4.61. The Hall–Kier alpha value is -1.09. The van der Waals surface area contributed by atoms with Gasteiger partial charge in [-0.15, -0.1) is 0 Å². The van der Waals surface area contributed by atoms with E-state index in [-0.39, 0.29) is 5.82 Å². The summed E-state index contributed by atoms with van der Waals surface area (Å²) >= 11 is 0. The van der Waals surface area contributed by atoms with Crippen LogP contribution in [-0.4, -0.2) is 19.1 Å². The zero-order chi connectivity index (χ0) is 12.3. The first-order valence-electron chi connectivity index (χ1n) is 6.51. The summed E-state index contributed by atoms with van der Waals surface area (Å²) in [5.41, 5.74) is 1.89. The van der Waals surface area contributed by atoms with Crippen LogP contribution in [0.1, 0.15) is 32.3 Å². The topological polar surface area (TPSA) is 15.3 Å². The van der Waals surface area contributed by atoms with Gasteiger partial charge in [-0.25, -0.2) is 4.39 Å². The highest BCUT2D eigenvalue weighted by Crippen LogP contribution is 2.23. The minimum atomic E-state index is -0.121. The van der Waals surface area contributed by atoms with Crippen LogP contribution in [0.4, 0.5) is 10.1 Å². The quantitative estimate of drug-likeness (QED) is 0.817. The molecule has 1 N–H and O–H groups in total. The highest BCUT2D eigenvalue weighted by molar-refractivity contribution is 5.49. The van der Waals surface area contributed by atoms with Crippen LogP contribution < -0.4 is 10.2 Å². The average Bonchev–Trinajstić information content (AvgIpc) is 3.15. The minimum Gasteiger partial charge on any atom is -0.370 e. The number of rotatable bonds is 6. The zero-order valence-electron chi connectivity index (χ0n) is 10.7. The maximum Gasteiger partial charge on any atom is 0.146 e. The highest BCUT2D eigenvalue weighted by Gasteiger charge is 2.20. The molecule has 0 radical (unpaired) electrons. The Morgan fingerprint density at radius 3 is 2.59 bits per heavy atom. The van der Waals surface area contributed by atoms with E-state index in [4.69, 9.17) is 0 Å². The molecule has 0 heterocycles. The maximum absolute atomic E-state index is 13.7. The standard InChI is InChI=1S/C14H21FN2/c1-3-17(4-2)14-9-11(5-8-13(14)15)10-16-12-6-7-12/h5,8-9,12,16H,3-4,6-7,10H2,1-2H3.